The molecule has 0 aliphatic heterocycles. The van der Waals surface area contributed by atoms with Crippen LogP contribution >= 0.6 is 0 Å². The minimum Gasteiger partial charge on any atom is -0.469 e. The molecule has 0 aliphatic rings. The number of hydrogen-bond donors (Lipinski definition) is 1. The Morgan fingerprint density at radius 3 is 2.55 bits per heavy atom. The zero-order chi connectivity index (χ0) is 14.9. The first kappa shape index (κ1) is 14.6. The van der Waals surface area contributed by atoms with E-state index in [4.69, 9.17) is 10.2 Å². The molecule has 0 amide bonds. The molecule has 2 rings (SSSR count). The van der Waals surface area contributed by atoms with E-state index in [0.29, 0.717) is 11.3 Å². The van der Waals surface area contributed by atoms with Crippen molar-refractivity contribution in [3.05, 3.63) is 47.4 Å². The highest BCUT2D eigenvalue weighted by Crippen LogP contribution is 2.23. The molecule has 1 aromatic heterocycles. The smallest absolute Gasteiger partial charge is 0.243 e. The Hall–Kier alpha value is -1.79. The second kappa shape index (κ2) is 5.30. The molecule has 2 aromatic rings. The van der Waals surface area contributed by atoms with Gasteiger partial charge in [0.15, 0.2) is 0 Å². The van der Waals surface area contributed by atoms with E-state index in [2.05, 4.69) is 0 Å². The van der Waals surface area contributed by atoms with Gasteiger partial charge < -0.3 is 10.2 Å². The van der Waals surface area contributed by atoms with Crippen LogP contribution < -0.4 is 5.73 Å². The maximum absolute atomic E-state index is 12.6. The number of benzene rings is 1. The molecule has 1 heterocycles. The minimum atomic E-state index is -3.57. The van der Waals surface area contributed by atoms with E-state index in [0.717, 1.165) is 11.3 Å². The van der Waals surface area contributed by atoms with E-state index in [1.54, 1.807) is 38.4 Å². The van der Waals surface area contributed by atoms with Crippen LogP contribution in [0.1, 0.15) is 16.9 Å². The fourth-order valence-electron chi connectivity index (χ4n) is 1.96. The lowest BCUT2D eigenvalue weighted by Gasteiger charge is -2.18. The number of anilines is 1. The summed E-state index contributed by atoms with van der Waals surface area (Å²) in [5, 5.41) is 0. The van der Waals surface area contributed by atoms with Gasteiger partial charge in [-0.3, -0.25) is 0 Å². The van der Waals surface area contributed by atoms with E-state index < -0.39 is 10.0 Å². The van der Waals surface area contributed by atoms with Gasteiger partial charge in [0.2, 0.25) is 10.0 Å². The maximum Gasteiger partial charge on any atom is 0.243 e. The Bertz CT molecular complexity index is 720. The Balaban J connectivity index is 2.35. The van der Waals surface area contributed by atoms with Crippen molar-refractivity contribution in [2.75, 3.05) is 12.8 Å². The third-order valence-electron chi connectivity index (χ3n) is 3.26. The zero-order valence-electron chi connectivity index (χ0n) is 11.8. The van der Waals surface area contributed by atoms with Crippen molar-refractivity contribution in [1.82, 2.24) is 4.31 Å². The molecular formula is C14H18N2O3S. The van der Waals surface area contributed by atoms with Gasteiger partial charge in [-0.2, -0.15) is 4.31 Å². The van der Waals surface area contributed by atoms with Crippen LogP contribution in [0, 0.1) is 13.8 Å². The van der Waals surface area contributed by atoms with Gasteiger partial charge in [-0.15, -0.1) is 0 Å². The van der Waals surface area contributed by atoms with Crippen molar-refractivity contribution < 1.29 is 12.8 Å². The minimum absolute atomic E-state index is 0.237. The summed E-state index contributed by atoms with van der Waals surface area (Å²) < 4.78 is 31.6. The van der Waals surface area contributed by atoms with Gasteiger partial charge in [0, 0.05) is 24.8 Å². The Kier molecular flexibility index (Phi) is 3.87. The van der Waals surface area contributed by atoms with E-state index >= 15 is 0 Å². The average Bonchev–Trinajstić information content (AvgIpc) is 2.78. The highest BCUT2D eigenvalue weighted by atomic mass is 32.2. The number of aryl methyl sites for hydroxylation is 2. The summed E-state index contributed by atoms with van der Waals surface area (Å²) in [5.74, 6) is 0.719. The molecule has 0 radical (unpaired) electrons. The Morgan fingerprint density at radius 2 is 1.95 bits per heavy atom. The van der Waals surface area contributed by atoms with Crippen LogP contribution in [0.3, 0.4) is 0 Å². The summed E-state index contributed by atoms with van der Waals surface area (Å²) in [6.45, 7) is 3.82. The molecule has 0 aliphatic carbocycles. The van der Waals surface area contributed by atoms with E-state index in [9.17, 15) is 8.42 Å². The van der Waals surface area contributed by atoms with E-state index in [1.807, 2.05) is 6.92 Å². The van der Waals surface area contributed by atoms with Crippen LogP contribution in [0.4, 0.5) is 5.69 Å². The first-order valence-electron chi connectivity index (χ1n) is 6.18. The molecule has 6 heteroatoms. The number of nitrogen functional groups attached to an aromatic ring is 1. The summed E-state index contributed by atoms with van der Waals surface area (Å²) in [5.41, 5.74) is 7.64. The van der Waals surface area contributed by atoms with Gasteiger partial charge in [0.05, 0.1) is 11.2 Å². The number of hydrogen-bond acceptors (Lipinski definition) is 4. The zero-order valence-corrected chi connectivity index (χ0v) is 12.6. The summed E-state index contributed by atoms with van der Waals surface area (Å²) >= 11 is 0. The lowest BCUT2D eigenvalue weighted by Crippen LogP contribution is -2.27. The van der Waals surface area contributed by atoms with Crippen LogP contribution in [-0.2, 0) is 16.6 Å². The number of nitrogens with two attached hydrogens (primary N) is 1. The van der Waals surface area contributed by atoms with Crippen molar-refractivity contribution in [1.29, 1.82) is 0 Å². The van der Waals surface area contributed by atoms with Crippen LogP contribution in [0.2, 0.25) is 0 Å². The number of rotatable bonds is 4. The predicted molar refractivity (Wildman–Crippen MR) is 77.7 cm³/mol. The van der Waals surface area contributed by atoms with Crippen molar-refractivity contribution in [3.8, 4) is 0 Å². The molecule has 20 heavy (non-hydrogen) atoms. The molecule has 1 aromatic carbocycles. The quantitative estimate of drug-likeness (QED) is 0.878. The monoisotopic (exact) mass is 294 g/mol. The van der Waals surface area contributed by atoms with Crippen LogP contribution in [0.15, 0.2) is 39.8 Å². The fraction of sp³-hybridized carbons (Fsp3) is 0.286. The molecule has 0 saturated carbocycles. The topological polar surface area (TPSA) is 76.5 Å². The first-order chi connectivity index (χ1) is 9.32. The summed E-state index contributed by atoms with van der Waals surface area (Å²) in [7, 11) is -2.03. The molecule has 0 saturated heterocycles. The number of sulfonamides is 1. The number of nitrogens with zero attached hydrogens (tertiary/aromatic N) is 1. The summed E-state index contributed by atoms with van der Waals surface area (Å²) in [4.78, 5) is 0.237. The standard InChI is InChI=1S/C14H18N2O3S/c1-10-4-5-13(15)8-14(10)20(17,18)16(3)9-12-6-7-19-11(12)2/h4-8H,9,15H2,1-3H3. The van der Waals surface area contributed by atoms with Gasteiger partial charge in [-0.1, -0.05) is 6.07 Å². The van der Waals surface area contributed by atoms with Crippen molar-refractivity contribution >= 4 is 15.7 Å². The molecular weight excluding hydrogens is 276 g/mol. The second-order valence-electron chi connectivity index (χ2n) is 4.79. The molecule has 0 fully saturated rings. The summed E-state index contributed by atoms with van der Waals surface area (Å²) in [6.07, 6.45) is 1.55. The lowest BCUT2D eigenvalue weighted by atomic mass is 10.2. The third kappa shape index (κ3) is 2.71. The van der Waals surface area contributed by atoms with Crippen molar-refractivity contribution in [2.45, 2.75) is 25.3 Å². The highest BCUT2D eigenvalue weighted by molar-refractivity contribution is 7.89. The molecule has 0 bridgehead atoms. The molecule has 108 valence electrons. The van der Waals surface area contributed by atoms with Gasteiger partial charge in [0.1, 0.15) is 5.76 Å². The molecule has 0 atom stereocenters. The van der Waals surface area contributed by atoms with Gasteiger partial charge in [-0.05, 0) is 37.6 Å². The largest absolute Gasteiger partial charge is 0.469 e. The molecule has 5 nitrogen and oxygen atoms in total. The summed E-state index contributed by atoms with van der Waals surface area (Å²) in [6, 6.07) is 6.66. The third-order valence-corrected chi connectivity index (χ3v) is 5.21. The van der Waals surface area contributed by atoms with E-state index in [-0.39, 0.29) is 11.4 Å². The van der Waals surface area contributed by atoms with Gasteiger partial charge in [-0.25, -0.2) is 8.42 Å². The molecule has 0 unspecified atom stereocenters. The van der Waals surface area contributed by atoms with Crippen molar-refractivity contribution in [2.24, 2.45) is 0 Å². The van der Waals surface area contributed by atoms with Gasteiger partial charge >= 0.3 is 0 Å². The SMILES string of the molecule is Cc1ccc(N)cc1S(=O)(=O)N(C)Cc1ccoc1C. The molecule has 2 N–H and O–H groups in total. The Morgan fingerprint density at radius 1 is 1.25 bits per heavy atom. The highest BCUT2D eigenvalue weighted by Gasteiger charge is 2.23. The van der Waals surface area contributed by atoms with Crippen LogP contribution in [0.25, 0.3) is 0 Å². The van der Waals surface area contributed by atoms with Crippen LogP contribution in [0.5, 0.6) is 0 Å². The number of furan rings is 1. The second-order valence-corrected chi connectivity index (χ2v) is 6.80. The fourth-order valence-corrected chi connectivity index (χ4v) is 3.37. The van der Waals surface area contributed by atoms with Crippen LogP contribution in [-0.4, -0.2) is 19.8 Å². The van der Waals surface area contributed by atoms with Gasteiger partial charge in [0.25, 0.3) is 0 Å². The first-order valence-corrected chi connectivity index (χ1v) is 7.62. The normalized spacial score (nSPS) is 12.0. The Labute approximate surface area is 119 Å². The lowest BCUT2D eigenvalue weighted by molar-refractivity contribution is 0.458. The maximum atomic E-state index is 12.6. The molecule has 0 spiro atoms. The van der Waals surface area contributed by atoms with Crippen molar-refractivity contribution in [3.63, 3.8) is 0 Å². The van der Waals surface area contributed by atoms with E-state index in [1.165, 1.54) is 10.4 Å². The average molecular weight is 294 g/mol. The predicted octanol–water partition coefficient (Wildman–Crippen LogP) is 2.30.